The SMILES string of the molecule is CCc1cc(C(=O)NC(CCl)CC(C)C)n(CC)n1. The van der Waals surface area contributed by atoms with Gasteiger partial charge in [-0.25, -0.2) is 0 Å². The standard InChI is InChI=1S/C14H24ClN3O/c1-5-11-8-13(18(6-2)17-11)14(19)16-12(9-15)7-10(3)4/h8,10,12H,5-7,9H2,1-4H3,(H,16,19). The van der Waals surface area contributed by atoms with Crippen molar-refractivity contribution in [2.45, 2.75) is 53.1 Å². The van der Waals surface area contributed by atoms with Gasteiger partial charge >= 0.3 is 0 Å². The van der Waals surface area contributed by atoms with Crippen LogP contribution in [-0.2, 0) is 13.0 Å². The first kappa shape index (κ1) is 16.0. The number of carbonyl (C=O) groups is 1. The molecule has 0 fully saturated rings. The van der Waals surface area contributed by atoms with Crippen molar-refractivity contribution in [1.82, 2.24) is 15.1 Å². The molecule has 1 amide bonds. The van der Waals surface area contributed by atoms with Gasteiger partial charge in [0.2, 0.25) is 0 Å². The lowest BCUT2D eigenvalue weighted by molar-refractivity contribution is 0.0926. The molecule has 19 heavy (non-hydrogen) atoms. The average molecular weight is 286 g/mol. The van der Waals surface area contributed by atoms with Gasteiger partial charge in [0.1, 0.15) is 5.69 Å². The van der Waals surface area contributed by atoms with Crippen LogP contribution in [0, 0.1) is 5.92 Å². The highest BCUT2D eigenvalue weighted by molar-refractivity contribution is 6.18. The van der Waals surface area contributed by atoms with Gasteiger partial charge in [0.15, 0.2) is 0 Å². The van der Waals surface area contributed by atoms with E-state index < -0.39 is 0 Å². The molecule has 0 radical (unpaired) electrons. The van der Waals surface area contributed by atoms with E-state index in [0.29, 0.717) is 24.0 Å². The minimum atomic E-state index is -0.0830. The summed E-state index contributed by atoms with van der Waals surface area (Å²) in [7, 11) is 0. The fourth-order valence-electron chi connectivity index (χ4n) is 2.06. The second kappa shape index (κ2) is 7.53. The number of halogens is 1. The van der Waals surface area contributed by atoms with E-state index in [4.69, 9.17) is 11.6 Å². The number of aromatic nitrogens is 2. The Morgan fingerprint density at radius 1 is 1.47 bits per heavy atom. The summed E-state index contributed by atoms with van der Waals surface area (Å²) in [6.45, 7) is 8.95. The Morgan fingerprint density at radius 3 is 2.63 bits per heavy atom. The summed E-state index contributed by atoms with van der Waals surface area (Å²) >= 11 is 5.91. The van der Waals surface area contributed by atoms with Crippen molar-refractivity contribution in [2.75, 3.05) is 5.88 Å². The molecule has 0 aromatic carbocycles. The molecule has 1 aromatic rings. The van der Waals surface area contributed by atoms with E-state index in [0.717, 1.165) is 18.5 Å². The molecule has 0 saturated heterocycles. The smallest absolute Gasteiger partial charge is 0.269 e. The molecule has 108 valence electrons. The topological polar surface area (TPSA) is 46.9 Å². The number of hydrogen-bond donors (Lipinski definition) is 1. The van der Waals surface area contributed by atoms with Crippen molar-refractivity contribution in [3.05, 3.63) is 17.5 Å². The minimum Gasteiger partial charge on any atom is -0.347 e. The summed E-state index contributed by atoms with van der Waals surface area (Å²) in [5, 5.41) is 7.38. The maximum Gasteiger partial charge on any atom is 0.269 e. The van der Waals surface area contributed by atoms with Crippen LogP contribution >= 0.6 is 11.6 Å². The van der Waals surface area contributed by atoms with Gasteiger partial charge in [-0.05, 0) is 31.7 Å². The lowest BCUT2D eigenvalue weighted by Crippen LogP contribution is -2.38. The first-order valence-electron chi connectivity index (χ1n) is 6.95. The number of carbonyl (C=O) groups excluding carboxylic acids is 1. The summed E-state index contributed by atoms with van der Waals surface area (Å²) in [4.78, 5) is 12.3. The van der Waals surface area contributed by atoms with Crippen LogP contribution in [0.25, 0.3) is 0 Å². The highest BCUT2D eigenvalue weighted by Gasteiger charge is 2.18. The molecule has 5 heteroatoms. The first-order valence-corrected chi connectivity index (χ1v) is 7.48. The molecule has 1 atom stereocenters. The summed E-state index contributed by atoms with van der Waals surface area (Å²) in [6, 6.07) is 1.87. The summed E-state index contributed by atoms with van der Waals surface area (Å²) in [5.74, 6) is 0.858. The predicted octanol–water partition coefficient (Wildman–Crippen LogP) is 2.85. The highest BCUT2D eigenvalue weighted by Crippen LogP contribution is 2.09. The number of nitrogens with zero attached hydrogens (tertiary/aromatic N) is 2. The molecule has 0 aliphatic carbocycles. The summed E-state index contributed by atoms with van der Waals surface area (Å²) in [5.41, 5.74) is 1.57. The molecular weight excluding hydrogens is 262 g/mol. The van der Waals surface area contributed by atoms with E-state index in [-0.39, 0.29) is 11.9 Å². The Balaban J connectivity index is 2.78. The molecule has 1 unspecified atom stereocenters. The molecule has 1 aromatic heterocycles. The zero-order valence-corrected chi connectivity index (χ0v) is 13.0. The van der Waals surface area contributed by atoms with Gasteiger partial charge in [-0.2, -0.15) is 5.10 Å². The number of nitrogens with one attached hydrogen (secondary N) is 1. The van der Waals surface area contributed by atoms with Gasteiger partial charge < -0.3 is 5.32 Å². The van der Waals surface area contributed by atoms with Crippen molar-refractivity contribution >= 4 is 17.5 Å². The van der Waals surface area contributed by atoms with Crippen molar-refractivity contribution in [3.63, 3.8) is 0 Å². The van der Waals surface area contributed by atoms with Crippen LogP contribution in [0.1, 0.15) is 50.3 Å². The Hall–Kier alpha value is -1.03. The summed E-state index contributed by atoms with van der Waals surface area (Å²) in [6.07, 6.45) is 1.72. The molecule has 0 saturated carbocycles. The second-order valence-corrected chi connectivity index (χ2v) is 5.45. The first-order chi connectivity index (χ1) is 9.01. The van der Waals surface area contributed by atoms with Crippen molar-refractivity contribution in [2.24, 2.45) is 5.92 Å². The van der Waals surface area contributed by atoms with E-state index in [2.05, 4.69) is 24.3 Å². The monoisotopic (exact) mass is 285 g/mol. The Bertz CT molecular complexity index is 415. The maximum atomic E-state index is 12.3. The lowest BCUT2D eigenvalue weighted by Gasteiger charge is -2.18. The third-order valence-corrected chi connectivity index (χ3v) is 3.37. The summed E-state index contributed by atoms with van der Waals surface area (Å²) < 4.78 is 1.74. The average Bonchev–Trinajstić information content (AvgIpc) is 2.80. The van der Waals surface area contributed by atoms with Crippen LogP contribution in [0.5, 0.6) is 0 Å². The van der Waals surface area contributed by atoms with Gasteiger partial charge in [0, 0.05) is 18.5 Å². The molecule has 0 bridgehead atoms. The quantitative estimate of drug-likeness (QED) is 0.783. The molecule has 0 spiro atoms. The minimum absolute atomic E-state index is 0.0134. The van der Waals surface area contributed by atoms with Crippen LogP contribution in [0.3, 0.4) is 0 Å². The van der Waals surface area contributed by atoms with Crippen molar-refractivity contribution < 1.29 is 4.79 Å². The highest BCUT2D eigenvalue weighted by atomic mass is 35.5. The van der Waals surface area contributed by atoms with Crippen LogP contribution in [0.15, 0.2) is 6.07 Å². The van der Waals surface area contributed by atoms with Gasteiger partial charge in [-0.3, -0.25) is 9.48 Å². The van der Waals surface area contributed by atoms with E-state index in [1.54, 1.807) is 4.68 Å². The fourth-order valence-corrected chi connectivity index (χ4v) is 2.26. The van der Waals surface area contributed by atoms with Crippen LogP contribution in [-0.4, -0.2) is 27.6 Å². The molecule has 4 nitrogen and oxygen atoms in total. The van der Waals surface area contributed by atoms with E-state index in [1.165, 1.54) is 0 Å². The van der Waals surface area contributed by atoms with Crippen LogP contribution in [0.4, 0.5) is 0 Å². The van der Waals surface area contributed by atoms with Gasteiger partial charge in [0.25, 0.3) is 5.91 Å². The third kappa shape index (κ3) is 4.53. The number of amides is 1. The molecule has 1 N–H and O–H groups in total. The molecule has 1 rings (SSSR count). The van der Waals surface area contributed by atoms with Gasteiger partial charge in [0.05, 0.1) is 5.69 Å². The zero-order valence-electron chi connectivity index (χ0n) is 12.2. The van der Waals surface area contributed by atoms with Crippen molar-refractivity contribution in [1.29, 1.82) is 0 Å². The predicted molar refractivity (Wildman–Crippen MR) is 78.7 cm³/mol. The lowest BCUT2D eigenvalue weighted by atomic mass is 10.1. The van der Waals surface area contributed by atoms with Crippen LogP contribution in [0.2, 0.25) is 0 Å². The zero-order chi connectivity index (χ0) is 14.4. The van der Waals surface area contributed by atoms with Crippen LogP contribution < -0.4 is 5.32 Å². The number of aryl methyl sites for hydroxylation is 2. The fraction of sp³-hybridized carbons (Fsp3) is 0.714. The second-order valence-electron chi connectivity index (χ2n) is 5.14. The third-order valence-electron chi connectivity index (χ3n) is 3.00. The van der Waals surface area contributed by atoms with Gasteiger partial charge in [-0.1, -0.05) is 20.8 Å². The Kier molecular flexibility index (Phi) is 6.35. The number of alkyl halides is 1. The van der Waals surface area contributed by atoms with E-state index in [9.17, 15) is 4.79 Å². The molecule has 1 heterocycles. The number of hydrogen-bond acceptors (Lipinski definition) is 2. The number of rotatable bonds is 7. The molecular formula is C14H24ClN3O. The molecule has 0 aliphatic heterocycles. The Morgan fingerprint density at radius 2 is 2.16 bits per heavy atom. The van der Waals surface area contributed by atoms with Crippen molar-refractivity contribution in [3.8, 4) is 0 Å². The van der Waals surface area contributed by atoms with E-state index in [1.807, 2.05) is 19.9 Å². The maximum absolute atomic E-state index is 12.3. The largest absolute Gasteiger partial charge is 0.347 e. The normalized spacial score (nSPS) is 12.7. The van der Waals surface area contributed by atoms with Gasteiger partial charge in [-0.15, -0.1) is 11.6 Å². The Labute approximate surface area is 120 Å². The molecule has 0 aliphatic rings. The van der Waals surface area contributed by atoms with E-state index >= 15 is 0 Å².